The third-order valence-electron chi connectivity index (χ3n) is 2.45. The van der Waals surface area contributed by atoms with Crippen LogP contribution in [0.1, 0.15) is 20.8 Å². The van der Waals surface area contributed by atoms with Gasteiger partial charge in [0, 0.05) is 18.2 Å². The number of rotatable bonds is 2. The predicted molar refractivity (Wildman–Crippen MR) is 53.0 cm³/mol. The first kappa shape index (κ1) is 9.90. The van der Waals surface area contributed by atoms with Crippen LogP contribution >= 0.6 is 11.8 Å². The van der Waals surface area contributed by atoms with Crippen LogP contribution in [0.4, 0.5) is 0 Å². The highest BCUT2D eigenvalue weighted by molar-refractivity contribution is 7.99. The Morgan fingerprint density at radius 3 is 2.50 bits per heavy atom. The minimum absolute atomic E-state index is 0.184. The van der Waals surface area contributed by atoms with E-state index in [0.29, 0.717) is 11.8 Å². The van der Waals surface area contributed by atoms with E-state index in [2.05, 4.69) is 13.8 Å². The van der Waals surface area contributed by atoms with Gasteiger partial charge in [-0.3, -0.25) is 4.79 Å². The Morgan fingerprint density at radius 1 is 1.42 bits per heavy atom. The van der Waals surface area contributed by atoms with Crippen molar-refractivity contribution >= 4 is 17.7 Å². The molecule has 0 aliphatic carbocycles. The molecule has 1 fully saturated rings. The third-order valence-corrected chi connectivity index (χ3v) is 3.42. The fourth-order valence-electron chi connectivity index (χ4n) is 1.16. The van der Waals surface area contributed by atoms with Gasteiger partial charge >= 0.3 is 0 Å². The first-order valence-corrected chi connectivity index (χ1v) is 5.65. The van der Waals surface area contributed by atoms with Gasteiger partial charge < -0.3 is 4.90 Å². The van der Waals surface area contributed by atoms with E-state index in [4.69, 9.17) is 0 Å². The minimum Gasteiger partial charge on any atom is -0.332 e. The smallest absolute Gasteiger partial charge is 0.226 e. The van der Waals surface area contributed by atoms with Gasteiger partial charge in [0.05, 0.1) is 5.88 Å². The monoisotopic (exact) mass is 187 g/mol. The van der Waals surface area contributed by atoms with Crippen LogP contribution < -0.4 is 0 Å². The van der Waals surface area contributed by atoms with Crippen molar-refractivity contribution in [2.75, 3.05) is 18.2 Å². The summed E-state index contributed by atoms with van der Waals surface area (Å²) in [4.78, 5) is 13.7. The van der Waals surface area contributed by atoms with Crippen molar-refractivity contribution in [3.05, 3.63) is 0 Å². The molecule has 0 spiro atoms. The van der Waals surface area contributed by atoms with E-state index in [-0.39, 0.29) is 5.92 Å². The van der Waals surface area contributed by atoms with Gasteiger partial charge in [-0.2, -0.15) is 0 Å². The van der Waals surface area contributed by atoms with Crippen LogP contribution in [-0.4, -0.2) is 29.0 Å². The summed E-state index contributed by atoms with van der Waals surface area (Å²) < 4.78 is 0. The molecule has 2 nitrogen and oxygen atoms in total. The zero-order valence-corrected chi connectivity index (χ0v) is 8.86. The van der Waals surface area contributed by atoms with Crippen LogP contribution in [0.3, 0.4) is 0 Å². The number of hydrogen-bond acceptors (Lipinski definition) is 2. The number of carbonyl (C=O) groups excluding carboxylic acids is 1. The molecule has 0 bridgehead atoms. The van der Waals surface area contributed by atoms with Gasteiger partial charge in [-0.1, -0.05) is 20.8 Å². The Balaban J connectivity index is 2.45. The molecule has 0 N–H and O–H groups in total. The normalized spacial score (nSPS) is 20.2. The molecular formula is C9H17NOS. The van der Waals surface area contributed by atoms with Gasteiger partial charge in [0.15, 0.2) is 0 Å². The molecule has 1 aliphatic rings. The molecule has 1 atom stereocenters. The molecule has 0 saturated carbocycles. The molecule has 0 aromatic heterocycles. The van der Waals surface area contributed by atoms with E-state index in [0.717, 1.165) is 18.2 Å². The summed E-state index contributed by atoms with van der Waals surface area (Å²) in [6.07, 6.45) is 0. The first-order chi connectivity index (χ1) is 5.63. The second-order valence-electron chi connectivity index (χ2n) is 3.67. The van der Waals surface area contributed by atoms with Gasteiger partial charge in [-0.25, -0.2) is 0 Å². The number of thioether (sulfide) groups is 1. The Hall–Kier alpha value is -0.180. The number of nitrogens with zero attached hydrogens (tertiary/aromatic N) is 1. The van der Waals surface area contributed by atoms with Crippen LogP contribution in [0.15, 0.2) is 0 Å². The number of amides is 1. The SMILES string of the molecule is CC(C)C(C)C(=O)N1CCSC1. The Labute approximate surface area is 78.7 Å². The molecule has 1 aliphatic heterocycles. The van der Waals surface area contributed by atoms with Crippen LogP contribution in [0, 0.1) is 11.8 Å². The highest BCUT2D eigenvalue weighted by Gasteiger charge is 2.24. The highest BCUT2D eigenvalue weighted by atomic mass is 32.2. The Morgan fingerprint density at radius 2 is 2.08 bits per heavy atom. The van der Waals surface area contributed by atoms with Gasteiger partial charge in [0.25, 0.3) is 0 Å². The van der Waals surface area contributed by atoms with E-state index in [9.17, 15) is 4.79 Å². The lowest BCUT2D eigenvalue weighted by molar-refractivity contribution is -0.134. The number of carbonyl (C=O) groups is 1. The van der Waals surface area contributed by atoms with Crippen molar-refractivity contribution in [3.8, 4) is 0 Å². The van der Waals surface area contributed by atoms with Crippen molar-refractivity contribution in [2.24, 2.45) is 11.8 Å². The second kappa shape index (κ2) is 4.17. The Kier molecular flexibility index (Phi) is 3.44. The first-order valence-electron chi connectivity index (χ1n) is 4.49. The van der Waals surface area contributed by atoms with Crippen molar-refractivity contribution in [2.45, 2.75) is 20.8 Å². The van der Waals surface area contributed by atoms with Gasteiger partial charge in [-0.15, -0.1) is 11.8 Å². The standard InChI is InChI=1S/C9H17NOS/c1-7(2)8(3)9(11)10-4-5-12-6-10/h7-8H,4-6H2,1-3H3. The largest absolute Gasteiger partial charge is 0.332 e. The molecule has 1 saturated heterocycles. The minimum atomic E-state index is 0.184. The van der Waals surface area contributed by atoms with Gasteiger partial charge in [0.1, 0.15) is 0 Å². The van der Waals surface area contributed by atoms with E-state index >= 15 is 0 Å². The third kappa shape index (κ3) is 2.16. The van der Waals surface area contributed by atoms with Crippen molar-refractivity contribution in [3.63, 3.8) is 0 Å². The topological polar surface area (TPSA) is 20.3 Å². The summed E-state index contributed by atoms with van der Waals surface area (Å²) in [5.41, 5.74) is 0. The van der Waals surface area contributed by atoms with Crippen LogP contribution in [0.25, 0.3) is 0 Å². The summed E-state index contributed by atoms with van der Waals surface area (Å²) in [6.45, 7) is 7.17. The molecule has 1 amide bonds. The summed E-state index contributed by atoms with van der Waals surface area (Å²) in [5.74, 6) is 2.98. The van der Waals surface area contributed by atoms with Crippen molar-refractivity contribution in [1.29, 1.82) is 0 Å². The van der Waals surface area contributed by atoms with Crippen molar-refractivity contribution < 1.29 is 4.79 Å². The lowest BCUT2D eigenvalue weighted by Crippen LogP contribution is -2.34. The van der Waals surface area contributed by atoms with Crippen LogP contribution in [-0.2, 0) is 4.79 Å². The molecular weight excluding hydrogens is 170 g/mol. The number of hydrogen-bond donors (Lipinski definition) is 0. The van der Waals surface area contributed by atoms with E-state index in [1.54, 1.807) is 0 Å². The Bertz CT molecular complexity index is 160. The quantitative estimate of drug-likeness (QED) is 0.657. The molecule has 12 heavy (non-hydrogen) atoms. The maximum absolute atomic E-state index is 11.7. The molecule has 1 unspecified atom stereocenters. The fourth-order valence-corrected chi connectivity index (χ4v) is 2.12. The summed E-state index contributed by atoms with van der Waals surface area (Å²) in [6, 6.07) is 0. The summed E-state index contributed by atoms with van der Waals surface area (Å²) >= 11 is 1.84. The van der Waals surface area contributed by atoms with Gasteiger partial charge in [-0.05, 0) is 5.92 Å². The molecule has 1 rings (SSSR count). The fraction of sp³-hybridized carbons (Fsp3) is 0.889. The van der Waals surface area contributed by atoms with Crippen LogP contribution in [0.5, 0.6) is 0 Å². The summed E-state index contributed by atoms with van der Waals surface area (Å²) in [7, 11) is 0. The zero-order valence-electron chi connectivity index (χ0n) is 8.04. The van der Waals surface area contributed by atoms with Crippen molar-refractivity contribution in [1.82, 2.24) is 4.90 Å². The lowest BCUT2D eigenvalue weighted by Gasteiger charge is -2.21. The molecule has 0 aromatic rings. The molecule has 3 heteroatoms. The van der Waals surface area contributed by atoms with Crippen LogP contribution in [0.2, 0.25) is 0 Å². The molecule has 0 radical (unpaired) electrons. The second-order valence-corrected chi connectivity index (χ2v) is 4.75. The zero-order chi connectivity index (χ0) is 9.14. The van der Waals surface area contributed by atoms with E-state index in [1.807, 2.05) is 23.6 Å². The van der Waals surface area contributed by atoms with E-state index in [1.165, 1.54) is 0 Å². The maximum atomic E-state index is 11.7. The van der Waals surface area contributed by atoms with Gasteiger partial charge in [0.2, 0.25) is 5.91 Å². The lowest BCUT2D eigenvalue weighted by atomic mass is 9.97. The summed E-state index contributed by atoms with van der Waals surface area (Å²) in [5, 5.41) is 0. The molecule has 1 heterocycles. The predicted octanol–water partition coefficient (Wildman–Crippen LogP) is 1.81. The highest BCUT2D eigenvalue weighted by Crippen LogP contribution is 2.19. The average Bonchev–Trinajstić information content (AvgIpc) is 2.53. The molecule has 70 valence electrons. The average molecular weight is 187 g/mol. The molecule has 0 aromatic carbocycles. The van der Waals surface area contributed by atoms with E-state index < -0.39 is 0 Å². The maximum Gasteiger partial charge on any atom is 0.226 e.